The minimum absolute atomic E-state index is 0.0948. The lowest BCUT2D eigenvalue weighted by Gasteiger charge is -2.40. The van der Waals surface area contributed by atoms with Crippen LogP contribution in [0, 0.1) is 5.92 Å². The van der Waals surface area contributed by atoms with Crippen LogP contribution in [0.3, 0.4) is 0 Å². The molecule has 1 N–H and O–H groups in total. The third kappa shape index (κ3) is 2.68. The molecule has 0 unspecified atom stereocenters. The predicted molar refractivity (Wildman–Crippen MR) is 90.2 cm³/mol. The number of rotatable bonds is 4. The molecule has 1 aliphatic heterocycles. The highest BCUT2D eigenvalue weighted by molar-refractivity contribution is 5.48. The van der Waals surface area contributed by atoms with E-state index in [0.717, 1.165) is 36.9 Å². The summed E-state index contributed by atoms with van der Waals surface area (Å²) in [5, 5.41) is 16.4. The van der Waals surface area contributed by atoms with Crippen molar-refractivity contribution < 1.29 is 4.42 Å². The highest BCUT2D eigenvalue weighted by Gasteiger charge is 2.29. The maximum absolute atomic E-state index is 5.18. The molecule has 0 radical (unpaired) electrons. The minimum Gasteiger partial charge on any atom is -0.432 e. The van der Waals surface area contributed by atoms with Crippen LogP contribution >= 0.6 is 0 Å². The average Bonchev–Trinajstić information content (AvgIpc) is 3.13. The van der Waals surface area contributed by atoms with E-state index in [9.17, 15) is 0 Å². The standard InChI is InChI=1S/C16H21N7O/c1-16(2,3)14-20-19-12-4-5-13(21-23(12)14)22-9-11(10-22)8-18-15-17-6-7-24-15/h4-7,11H,8-10H2,1-3H3,(H,17,18). The summed E-state index contributed by atoms with van der Waals surface area (Å²) in [7, 11) is 0. The summed E-state index contributed by atoms with van der Waals surface area (Å²) in [5.74, 6) is 2.39. The first kappa shape index (κ1) is 14.9. The van der Waals surface area contributed by atoms with Crippen LogP contribution in [0.4, 0.5) is 11.8 Å². The lowest BCUT2D eigenvalue weighted by atomic mass is 9.96. The van der Waals surface area contributed by atoms with Crippen molar-refractivity contribution in [3.8, 4) is 0 Å². The Labute approximate surface area is 139 Å². The quantitative estimate of drug-likeness (QED) is 0.784. The van der Waals surface area contributed by atoms with E-state index in [1.807, 2.05) is 16.6 Å². The molecule has 4 rings (SSSR count). The third-order valence-electron chi connectivity index (χ3n) is 4.18. The number of hydrogen-bond donors (Lipinski definition) is 1. The van der Waals surface area contributed by atoms with E-state index in [4.69, 9.17) is 9.52 Å². The SMILES string of the molecule is CC(C)(C)c1nnc2ccc(N3CC(CNc4ncco4)C3)nn12. The summed E-state index contributed by atoms with van der Waals surface area (Å²) in [6.07, 6.45) is 3.21. The number of nitrogens with one attached hydrogen (secondary N) is 1. The van der Waals surface area contributed by atoms with Crippen molar-refractivity contribution in [2.24, 2.45) is 5.92 Å². The normalized spacial score (nSPS) is 15.7. The van der Waals surface area contributed by atoms with E-state index in [1.165, 1.54) is 0 Å². The number of aromatic nitrogens is 5. The van der Waals surface area contributed by atoms with Crippen LogP contribution < -0.4 is 10.2 Å². The molecule has 0 atom stereocenters. The molecule has 3 aromatic heterocycles. The smallest absolute Gasteiger partial charge is 0.294 e. The molecule has 24 heavy (non-hydrogen) atoms. The molecular weight excluding hydrogens is 306 g/mol. The second kappa shape index (κ2) is 5.47. The van der Waals surface area contributed by atoms with Crippen LogP contribution in [-0.2, 0) is 5.41 Å². The number of nitrogens with zero attached hydrogens (tertiary/aromatic N) is 6. The fraction of sp³-hybridized carbons (Fsp3) is 0.500. The Kier molecular flexibility index (Phi) is 3.40. The molecule has 0 saturated carbocycles. The first-order valence-electron chi connectivity index (χ1n) is 8.12. The van der Waals surface area contributed by atoms with Gasteiger partial charge in [-0.3, -0.25) is 0 Å². The lowest BCUT2D eigenvalue weighted by Crippen LogP contribution is -2.50. The minimum atomic E-state index is -0.0948. The number of oxazole rings is 1. The Hall–Kier alpha value is -2.64. The van der Waals surface area contributed by atoms with Crippen LogP contribution in [0.2, 0.25) is 0 Å². The maximum atomic E-state index is 5.18. The monoisotopic (exact) mass is 327 g/mol. The van der Waals surface area contributed by atoms with Crippen LogP contribution in [0.15, 0.2) is 29.0 Å². The van der Waals surface area contributed by atoms with Gasteiger partial charge in [0.1, 0.15) is 12.1 Å². The predicted octanol–water partition coefficient (Wildman–Crippen LogP) is 1.96. The van der Waals surface area contributed by atoms with Crippen LogP contribution in [0.5, 0.6) is 0 Å². The highest BCUT2D eigenvalue weighted by Crippen LogP contribution is 2.25. The number of hydrogen-bond acceptors (Lipinski definition) is 7. The first-order valence-corrected chi connectivity index (χ1v) is 8.12. The maximum Gasteiger partial charge on any atom is 0.294 e. The van der Waals surface area contributed by atoms with Crippen molar-refractivity contribution in [2.45, 2.75) is 26.2 Å². The van der Waals surface area contributed by atoms with Crippen LogP contribution in [0.1, 0.15) is 26.6 Å². The van der Waals surface area contributed by atoms with E-state index in [2.05, 4.69) is 46.2 Å². The fourth-order valence-corrected chi connectivity index (χ4v) is 2.84. The number of fused-ring (bicyclic) bond motifs is 1. The van der Waals surface area contributed by atoms with Gasteiger partial charge in [0.2, 0.25) is 0 Å². The van der Waals surface area contributed by atoms with Gasteiger partial charge in [0.05, 0.1) is 6.20 Å². The molecule has 0 bridgehead atoms. The van der Waals surface area contributed by atoms with Crippen molar-refractivity contribution in [3.05, 3.63) is 30.4 Å². The average molecular weight is 327 g/mol. The third-order valence-corrected chi connectivity index (χ3v) is 4.18. The fourth-order valence-electron chi connectivity index (χ4n) is 2.84. The summed E-state index contributed by atoms with van der Waals surface area (Å²) in [6.45, 7) is 9.11. The molecular formula is C16H21N7O. The summed E-state index contributed by atoms with van der Waals surface area (Å²) < 4.78 is 7.04. The number of anilines is 2. The van der Waals surface area contributed by atoms with Gasteiger partial charge < -0.3 is 14.6 Å². The Balaban J connectivity index is 1.44. The molecule has 8 nitrogen and oxygen atoms in total. The molecule has 1 aliphatic rings. The van der Waals surface area contributed by atoms with Gasteiger partial charge in [-0.15, -0.1) is 15.3 Å². The van der Waals surface area contributed by atoms with Crippen molar-refractivity contribution in [2.75, 3.05) is 29.9 Å². The summed E-state index contributed by atoms with van der Waals surface area (Å²) in [6, 6.07) is 4.56. The zero-order valence-electron chi connectivity index (χ0n) is 14.1. The van der Waals surface area contributed by atoms with E-state index in [0.29, 0.717) is 11.9 Å². The van der Waals surface area contributed by atoms with Crippen LogP contribution in [0.25, 0.3) is 5.65 Å². The van der Waals surface area contributed by atoms with Gasteiger partial charge in [0, 0.05) is 31.0 Å². The van der Waals surface area contributed by atoms with Gasteiger partial charge >= 0.3 is 0 Å². The van der Waals surface area contributed by atoms with Gasteiger partial charge in [0.15, 0.2) is 11.5 Å². The second-order valence-corrected chi connectivity index (χ2v) is 7.22. The molecule has 126 valence electrons. The summed E-state index contributed by atoms with van der Waals surface area (Å²) >= 11 is 0. The summed E-state index contributed by atoms with van der Waals surface area (Å²) in [5.41, 5.74) is 0.689. The molecule has 0 spiro atoms. The largest absolute Gasteiger partial charge is 0.432 e. The van der Waals surface area contributed by atoms with Crippen LogP contribution in [-0.4, -0.2) is 44.4 Å². The molecule has 1 fully saturated rings. The zero-order chi connectivity index (χ0) is 16.7. The lowest BCUT2D eigenvalue weighted by molar-refractivity contribution is 0.418. The van der Waals surface area contributed by atoms with Gasteiger partial charge in [-0.1, -0.05) is 20.8 Å². The zero-order valence-corrected chi connectivity index (χ0v) is 14.1. The molecule has 4 heterocycles. The van der Waals surface area contributed by atoms with Gasteiger partial charge in [-0.2, -0.15) is 4.52 Å². The molecule has 0 amide bonds. The molecule has 0 aromatic carbocycles. The van der Waals surface area contributed by atoms with Crippen molar-refractivity contribution in [3.63, 3.8) is 0 Å². The molecule has 1 saturated heterocycles. The topological polar surface area (TPSA) is 84.4 Å². The first-order chi connectivity index (χ1) is 11.5. The van der Waals surface area contributed by atoms with E-state index < -0.39 is 0 Å². The van der Waals surface area contributed by atoms with Crippen molar-refractivity contribution >= 4 is 17.5 Å². The van der Waals surface area contributed by atoms with Gasteiger partial charge in [0.25, 0.3) is 6.01 Å². The van der Waals surface area contributed by atoms with E-state index in [1.54, 1.807) is 12.5 Å². The Morgan fingerprint density at radius 2 is 2.08 bits per heavy atom. The molecule has 3 aromatic rings. The Morgan fingerprint density at radius 3 is 2.79 bits per heavy atom. The Bertz CT molecular complexity index is 828. The van der Waals surface area contributed by atoms with E-state index >= 15 is 0 Å². The molecule has 8 heteroatoms. The van der Waals surface area contributed by atoms with Crippen molar-refractivity contribution in [1.82, 2.24) is 24.8 Å². The van der Waals surface area contributed by atoms with Gasteiger partial charge in [-0.25, -0.2) is 4.98 Å². The Morgan fingerprint density at radius 1 is 1.25 bits per heavy atom. The second-order valence-electron chi connectivity index (χ2n) is 7.22. The molecule has 0 aliphatic carbocycles. The van der Waals surface area contributed by atoms with Crippen molar-refractivity contribution in [1.29, 1.82) is 0 Å². The highest BCUT2D eigenvalue weighted by atomic mass is 16.4. The van der Waals surface area contributed by atoms with Gasteiger partial charge in [-0.05, 0) is 12.1 Å². The summed E-state index contributed by atoms with van der Waals surface area (Å²) in [4.78, 5) is 6.32. The van der Waals surface area contributed by atoms with E-state index in [-0.39, 0.29) is 5.41 Å².